The zero-order chi connectivity index (χ0) is 11.3. The molecule has 1 rings (SSSR count). The van der Waals surface area contributed by atoms with E-state index in [0.717, 1.165) is 6.42 Å². The highest BCUT2D eigenvalue weighted by Gasteiger charge is 2.08. The van der Waals surface area contributed by atoms with Crippen LogP contribution in [0.2, 0.25) is 0 Å². The van der Waals surface area contributed by atoms with Gasteiger partial charge in [-0.2, -0.15) is 4.80 Å². The van der Waals surface area contributed by atoms with Gasteiger partial charge in [0, 0.05) is 6.42 Å². The first-order chi connectivity index (χ1) is 7.11. The summed E-state index contributed by atoms with van der Waals surface area (Å²) in [6, 6.07) is 0. The molecule has 0 fully saturated rings. The fourth-order valence-corrected chi connectivity index (χ4v) is 1.02. The monoisotopic (exact) mass is 212 g/mol. The Morgan fingerprint density at radius 1 is 1.67 bits per heavy atom. The number of tetrazole rings is 1. The van der Waals surface area contributed by atoms with Gasteiger partial charge in [-0.25, -0.2) is 0 Å². The quantitative estimate of drug-likeness (QED) is 0.687. The molecule has 3 N–H and O–H groups in total. The molecule has 0 spiro atoms. The van der Waals surface area contributed by atoms with Crippen molar-refractivity contribution in [3.63, 3.8) is 0 Å². The van der Waals surface area contributed by atoms with Crippen molar-refractivity contribution < 1.29 is 4.79 Å². The van der Waals surface area contributed by atoms with Crippen LogP contribution in [0.15, 0.2) is 0 Å². The Bertz CT molecular complexity index is 323. The number of nitrogens with one attached hydrogen (secondary N) is 1. The third-order valence-corrected chi connectivity index (χ3v) is 2.03. The highest BCUT2D eigenvalue weighted by Crippen LogP contribution is 2.04. The van der Waals surface area contributed by atoms with E-state index in [4.69, 9.17) is 5.73 Å². The standard InChI is InChI=1S/C8H16N6O/c1-6(5-9)3-4-7(15)10-8-11-13-14(2)12-8/h6H,3-5,9H2,1-2H3,(H,10,12,15). The van der Waals surface area contributed by atoms with Crippen LogP contribution in [0.4, 0.5) is 5.95 Å². The number of carbonyl (C=O) groups is 1. The molecular formula is C8H16N6O. The van der Waals surface area contributed by atoms with Gasteiger partial charge in [-0.1, -0.05) is 12.0 Å². The summed E-state index contributed by atoms with van der Waals surface area (Å²) < 4.78 is 0. The molecule has 15 heavy (non-hydrogen) atoms. The van der Waals surface area contributed by atoms with Crippen LogP contribution in [0.25, 0.3) is 0 Å². The number of amides is 1. The van der Waals surface area contributed by atoms with Crippen molar-refractivity contribution in [2.45, 2.75) is 19.8 Å². The van der Waals surface area contributed by atoms with Crippen LogP contribution in [0.1, 0.15) is 19.8 Å². The van der Waals surface area contributed by atoms with Crippen molar-refractivity contribution in [1.82, 2.24) is 20.2 Å². The van der Waals surface area contributed by atoms with Crippen molar-refractivity contribution in [2.75, 3.05) is 11.9 Å². The fraction of sp³-hybridized carbons (Fsp3) is 0.750. The highest BCUT2D eigenvalue weighted by atomic mass is 16.1. The van der Waals surface area contributed by atoms with Gasteiger partial charge in [0.25, 0.3) is 5.95 Å². The molecular weight excluding hydrogens is 196 g/mol. The third-order valence-electron chi connectivity index (χ3n) is 2.03. The number of hydrogen-bond donors (Lipinski definition) is 2. The van der Waals surface area contributed by atoms with Gasteiger partial charge in [0.05, 0.1) is 7.05 Å². The maximum atomic E-state index is 11.4. The summed E-state index contributed by atoms with van der Waals surface area (Å²) in [5.41, 5.74) is 5.44. The van der Waals surface area contributed by atoms with Crippen LogP contribution in [0.3, 0.4) is 0 Å². The average Bonchev–Trinajstić information content (AvgIpc) is 2.60. The van der Waals surface area contributed by atoms with E-state index in [-0.39, 0.29) is 11.9 Å². The lowest BCUT2D eigenvalue weighted by atomic mass is 10.1. The largest absolute Gasteiger partial charge is 0.330 e. The number of rotatable bonds is 5. The Kier molecular flexibility index (Phi) is 4.17. The van der Waals surface area contributed by atoms with Gasteiger partial charge >= 0.3 is 0 Å². The molecule has 0 aliphatic carbocycles. The number of nitrogens with two attached hydrogens (primary N) is 1. The first-order valence-electron chi connectivity index (χ1n) is 4.85. The average molecular weight is 212 g/mol. The number of aromatic nitrogens is 4. The topological polar surface area (TPSA) is 98.7 Å². The lowest BCUT2D eigenvalue weighted by Crippen LogP contribution is -2.17. The second-order valence-electron chi connectivity index (χ2n) is 3.53. The van der Waals surface area contributed by atoms with E-state index in [0.29, 0.717) is 18.9 Å². The van der Waals surface area contributed by atoms with Gasteiger partial charge in [-0.15, -0.1) is 5.10 Å². The Hall–Kier alpha value is -1.50. The lowest BCUT2D eigenvalue weighted by molar-refractivity contribution is -0.116. The smallest absolute Gasteiger partial charge is 0.270 e. The molecule has 0 radical (unpaired) electrons. The minimum atomic E-state index is -0.108. The Labute approximate surface area is 88.0 Å². The van der Waals surface area contributed by atoms with E-state index in [1.807, 2.05) is 6.92 Å². The van der Waals surface area contributed by atoms with Gasteiger partial charge in [0.1, 0.15) is 0 Å². The Morgan fingerprint density at radius 3 is 2.93 bits per heavy atom. The number of carbonyl (C=O) groups excluding carboxylic acids is 1. The Morgan fingerprint density at radius 2 is 2.40 bits per heavy atom. The molecule has 1 aromatic rings. The number of hydrogen-bond acceptors (Lipinski definition) is 5. The van der Waals surface area contributed by atoms with Crippen LogP contribution in [0, 0.1) is 5.92 Å². The molecule has 1 atom stereocenters. The minimum Gasteiger partial charge on any atom is -0.330 e. The van der Waals surface area contributed by atoms with E-state index in [9.17, 15) is 4.79 Å². The predicted molar refractivity (Wildman–Crippen MR) is 54.9 cm³/mol. The minimum absolute atomic E-state index is 0.108. The van der Waals surface area contributed by atoms with Gasteiger partial charge in [0.15, 0.2) is 0 Å². The third kappa shape index (κ3) is 4.03. The molecule has 0 saturated carbocycles. The zero-order valence-corrected chi connectivity index (χ0v) is 8.97. The van der Waals surface area contributed by atoms with Crippen molar-refractivity contribution in [2.24, 2.45) is 18.7 Å². The molecule has 7 heteroatoms. The molecule has 0 saturated heterocycles. The zero-order valence-electron chi connectivity index (χ0n) is 8.97. The summed E-state index contributed by atoms with van der Waals surface area (Å²) in [5.74, 6) is 0.483. The van der Waals surface area contributed by atoms with Crippen molar-refractivity contribution >= 4 is 11.9 Å². The van der Waals surface area contributed by atoms with E-state index in [1.54, 1.807) is 7.05 Å². The van der Waals surface area contributed by atoms with E-state index < -0.39 is 0 Å². The molecule has 0 aliphatic heterocycles. The van der Waals surface area contributed by atoms with Crippen LogP contribution < -0.4 is 11.1 Å². The van der Waals surface area contributed by atoms with E-state index in [2.05, 4.69) is 20.7 Å². The number of anilines is 1. The maximum absolute atomic E-state index is 11.4. The molecule has 1 aromatic heterocycles. The summed E-state index contributed by atoms with van der Waals surface area (Å²) in [4.78, 5) is 12.7. The molecule has 0 bridgehead atoms. The molecule has 0 aliphatic rings. The Balaban J connectivity index is 2.30. The molecule has 0 aromatic carbocycles. The van der Waals surface area contributed by atoms with Gasteiger partial charge in [0.2, 0.25) is 5.91 Å². The van der Waals surface area contributed by atoms with Crippen molar-refractivity contribution in [3.8, 4) is 0 Å². The summed E-state index contributed by atoms with van der Waals surface area (Å²) in [5, 5.41) is 13.6. The van der Waals surface area contributed by atoms with Gasteiger partial charge in [-0.3, -0.25) is 10.1 Å². The predicted octanol–water partition coefficient (Wildman–Crippen LogP) is -0.476. The lowest BCUT2D eigenvalue weighted by Gasteiger charge is -2.06. The van der Waals surface area contributed by atoms with Crippen molar-refractivity contribution in [1.29, 1.82) is 0 Å². The first-order valence-corrected chi connectivity index (χ1v) is 4.85. The molecule has 1 amide bonds. The summed E-state index contributed by atoms with van der Waals surface area (Å²) in [6.45, 7) is 2.60. The van der Waals surface area contributed by atoms with Crippen LogP contribution in [-0.4, -0.2) is 32.7 Å². The maximum Gasteiger partial charge on any atom is 0.270 e. The second kappa shape index (κ2) is 5.40. The first kappa shape index (κ1) is 11.6. The van der Waals surface area contributed by atoms with E-state index in [1.165, 1.54) is 4.80 Å². The highest BCUT2D eigenvalue weighted by molar-refractivity contribution is 5.88. The summed E-state index contributed by atoms with van der Waals surface area (Å²) >= 11 is 0. The van der Waals surface area contributed by atoms with Crippen molar-refractivity contribution in [3.05, 3.63) is 0 Å². The fourth-order valence-electron chi connectivity index (χ4n) is 1.02. The number of aryl methyl sites for hydroxylation is 1. The van der Waals surface area contributed by atoms with E-state index >= 15 is 0 Å². The second-order valence-corrected chi connectivity index (χ2v) is 3.53. The SMILES string of the molecule is CC(CN)CCC(=O)Nc1nnn(C)n1. The van der Waals surface area contributed by atoms with Gasteiger partial charge < -0.3 is 5.73 Å². The van der Waals surface area contributed by atoms with Crippen LogP contribution in [-0.2, 0) is 11.8 Å². The summed E-state index contributed by atoms with van der Waals surface area (Å²) in [7, 11) is 1.64. The van der Waals surface area contributed by atoms with Crippen LogP contribution in [0.5, 0.6) is 0 Å². The van der Waals surface area contributed by atoms with Gasteiger partial charge in [-0.05, 0) is 24.1 Å². The normalized spacial score (nSPS) is 12.5. The van der Waals surface area contributed by atoms with Crippen LogP contribution >= 0.6 is 0 Å². The molecule has 1 unspecified atom stereocenters. The summed E-state index contributed by atoms with van der Waals surface area (Å²) in [6.07, 6.45) is 1.19. The molecule has 84 valence electrons. The number of nitrogens with zero attached hydrogens (tertiary/aromatic N) is 4. The molecule has 1 heterocycles. The molecule has 7 nitrogen and oxygen atoms in total.